The van der Waals surface area contributed by atoms with Gasteiger partial charge in [-0.05, 0) is 13.0 Å². The third-order valence-corrected chi connectivity index (χ3v) is 4.37. The standard InChI is InChI=1S/C15H13ClFN5O3S/c1-4-25-13(24)8-6-22(15-19-14(20-26-15)21(2)3)12-7(10(8)23)5-9(17)11(16)18-12/h5-6H,4H2,1-3H3. The predicted octanol–water partition coefficient (Wildman–Crippen LogP) is 2.27. The van der Waals surface area contributed by atoms with Gasteiger partial charge in [0.05, 0.1) is 12.0 Å². The first-order valence-corrected chi connectivity index (χ1v) is 8.58. The van der Waals surface area contributed by atoms with E-state index < -0.39 is 22.4 Å². The number of carbonyl (C=O) groups is 1. The van der Waals surface area contributed by atoms with Gasteiger partial charge in [0.1, 0.15) is 5.56 Å². The lowest BCUT2D eigenvalue weighted by Crippen LogP contribution is -2.21. The molecule has 0 saturated heterocycles. The molecule has 0 atom stereocenters. The molecule has 0 spiro atoms. The first kappa shape index (κ1) is 18.2. The lowest BCUT2D eigenvalue weighted by molar-refractivity contribution is 0.0524. The number of hydrogen-bond donors (Lipinski definition) is 0. The lowest BCUT2D eigenvalue weighted by atomic mass is 10.2. The van der Waals surface area contributed by atoms with Crippen LogP contribution in [0.2, 0.25) is 5.15 Å². The van der Waals surface area contributed by atoms with Crippen LogP contribution in [0.5, 0.6) is 0 Å². The molecule has 0 N–H and O–H groups in total. The quantitative estimate of drug-likeness (QED) is 0.492. The number of aromatic nitrogens is 4. The molecule has 26 heavy (non-hydrogen) atoms. The van der Waals surface area contributed by atoms with Gasteiger partial charge in [-0.1, -0.05) is 11.6 Å². The molecule has 136 valence electrons. The Labute approximate surface area is 156 Å². The van der Waals surface area contributed by atoms with Crippen molar-refractivity contribution in [2.75, 3.05) is 25.6 Å². The number of esters is 1. The first-order chi connectivity index (χ1) is 12.3. The summed E-state index contributed by atoms with van der Waals surface area (Å²) in [7, 11) is 3.54. The monoisotopic (exact) mass is 397 g/mol. The smallest absolute Gasteiger partial charge is 0.343 e. The van der Waals surface area contributed by atoms with E-state index in [1.807, 2.05) is 0 Å². The van der Waals surface area contributed by atoms with Crippen LogP contribution in [0, 0.1) is 5.82 Å². The summed E-state index contributed by atoms with van der Waals surface area (Å²) in [5.41, 5.74) is -0.893. The molecule has 0 radical (unpaired) electrons. The predicted molar refractivity (Wildman–Crippen MR) is 96.1 cm³/mol. The summed E-state index contributed by atoms with van der Waals surface area (Å²) in [6.45, 7) is 1.71. The first-order valence-electron chi connectivity index (χ1n) is 7.43. The third-order valence-electron chi connectivity index (χ3n) is 3.39. The average molecular weight is 398 g/mol. The van der Waals surface area contributed by atoms with Crippen molar-refractivity contribution >= 4 is 46.1 Å². The zero-order valence-electron chi connectivity index (χ0n) is 14.0. The minimum Gasteiger partial charge on any atom is -0.462 e. The Bertz CT molecular complexity index is 1070. The van der Waals surface area contributed by atoms with Gasteiger partial charge < -0.3 is 9.64 Å². The van der Waals surface area contributed by atoms with Crippen LogP contribution in [0.15, 0.2) is 17.1 Å². The molecule has 0 aromatic carbocycles. The highest BCUT2D eigenvalue weighted by molar-refractivity contribution is 7.08. The molecule has 0 saturated carbocycles. The zero-order valence-corrected chi connectivity index (χ0v) is 15.6. The number of hydrogen-bond acceptors (Lipinski definition) is 8. The van der Waals surface area contributed by atoms with Crippen molar-refractivity contribution in [2.24, 2.45) is 0 Å². The fourth-order valence-electron chi connectivity index (χ4n) is 2.19. The van der Waals surface area contributed by atoms with E-state index in [1.54, 1.807) is 25.9 Å². The number of anilines is 1. The van der Waals surface area contributed by atoms with Crippen LogP contribution < -0.4 is 10.3 Å². The van der Waals surface area contributed by atoms with Crippen LogP contribution in [-0.4, -0.2) is 45.6 Å². The van der Waals surface area contributed by atoms with Gasteiger partial charge in [0, 0.05) is 31.8 Å². The van der Waals surface area contributed by atoms with Gasteiger partial charge in [-0.25, -0.2) is 14.2 Å². The Kier molecular flexibility index (Phi) is 4.88. The molecule has 8 nitrogen and oxygen atoms in total. The van der Waals surface area contributed by atoms with Crippen molar-refractivity contribution in [3.05, 3.63) is 39.0 Å². The van der Waals surface area contributed by atoms with E-state index in [4.69, 9.17) is 16.3 Å². The highest BCUT2D eigenvalue weighted by atomic mass is 35.5. The van der Waals surface area contributed by atoms with Crippen LogP contribution >= 0.6 is 23.1 Å². The van der Waals surface area contributed by atoms with Crippen LogP contribution in [0.4, 0.5) is 10.3 Å². The van der Waals surface area contributed by atoms with Gasteiger partial charge >= 0.3 is 5.97 Å². The third kappa shape index (κ3) is 3.13. The Hall–Kier alpha value is -2.59. The zero-order chi connectivity index (χ0) is 19.0. The molecular weight excluding hydrogens is 385 g/mol. The molecule has 3 heterocycles. The second kappa shape index (κ2) is 6.96. The molecule has 0 unspecified atom stereocenters. The fourth-order valence-corrected chi connectivity index (χ4v) is 3.04. The van der Waals surface area contributed by atoms with Gasteiger partial charge in [0.2, 0.25) is 16.5 Å². The molecule has 0 amide bonds. The molecule has 0 aliphatic carbocycles. The van der Waals surface area contributed by atoms with Crippen molar-refractivity contribution < 1.29 is 13.9 Å². The highest BCUT2D eigenvalue weighted by Crippen LogP contribution is 2.23. The van der Waals surface area contributed by atoms with Crippen molar-refractivity contribution in [3.63, 3.8) is 0 Å². The van der Waals surface area contributed by atoms with Gasteiger partial charge in [0.15, 0.2) is 16.6 Å². The van der Waals surface area contributed by atoms with E-state index in [1.165, 1.54) is 10.8 Å². The van der Waals surface area contributed by atoms with E-state index in [-0.39, 0.29) is 23.2 Å². The summed E-state index contributed by atoms with van der Waals surface area (Å²) in [5, 5.41) is -0.176. The second-order valence-electron chi connectivity index (χ2n) is 5.37. The SMILES string of the molecule is CCOC(=O)c1cn(-c2nc(N(C)C)ns2)c2nc(Cl)c(F)cc2c1=O. The number of halogens is 2. The van der Waals surface area contributed by atoms with Gasteiger partial charge in [-0.2, -0.15) is 9.36 Å². The molecule has 0 aliphatic rings. The second-order valence-corrected chi connectivity index (χ2v) is 6.45. The maximum absolute atomic E-state index is 13.9. The van der Waals surface area contributed by atoms with Gasteiger partial charge in [-0.3, -0.25) is 9.36 Å². The summed E-state index contributed by atoms with van der Waals surface area (Å²) >= 11 is 6.80. The molecule has 3 aromatic heterocycles. The highest BCUT2D eigenvalue weighted by Gasteiger charge is 2.21. The minimum atomic E-state index is -0.866. The van der Waals surface area contributed by atoms with Crippen LogP contribution in [0.25, 0.3) is 16.2 Å². The summed E-state index contributed by atoms with van der Waals surface area (Å²) in [4.78, 5) is 34.7. The number of fused-ring (bicyclic) bond motifs is 1. The van der Waals surface area contributed by atoms with Gasteiger partial charge in [-0.15, -0.1) is 0 Å². The van der Waals surface area contributed by atoms with Crippen molar-refractivity contribution in [2.45, 2.75) is 6.92 Å². The Morgan fingerprint density at radius 2 is 2.15 bits per heavy atom. The van der Waals surface area contributed by atoms with Crippen molar-refractivity contribution in [1.29, 1.82) is 0 Å². The lowest BCUT2D eigenvalue weighted by Gasteiger charge is -2.10. The van der Waals surface area contributed by atoms with Crippen LogP contribution in [-0.2, 0) is 4.74 Å². The van der Waals surface area contributed by atoms with E-state index in [0.717, 1.165) is 17.6 Å². The number of carbonyl (C=O) groups excluding carboxylic acids is 1. The van der Waals surface area contributed by atoms with Crippen molar-refractivity contribution in [3.8, 4) is 5.13 Å². The number of nitrogens with zero attached hydrogens (tertiary/aromatic N) is 5. The average Bonchev–Trinajstić information content (AvgIpc) is 3.07. The largest absolute Gasteiger partial charge is 0.462 e. The van der Waals surface area contributed by atoms with Crippen LogP contribution in [0.3, 0.4) is 0 Å². The Morgan fingerprint density at radius 3 is 2.77 bits per heavy atom. The Morgan fingerprint density at radius 1 is 1.42 bits per heavy atom. The fraction of sp³-hybridized carbons (Fsp3) is 0.267. The van der Waals surface area contributed by atoms with E-state index >= 15 is 0 Å². The molecule has 0 fully saturated rings. The summed E-state index contributed by atoms with van der Waals surface area (Å²) in [6.07, 6.45) is 1.25. The Balaban J connectivity index is 2.35. The summed E-state index contributed by atoms with van der Waals surface area (Å²) in [6, 6.07) is 0.945. The van der Waals surface area contributed by atoms with E-state index in [2.05, 4.69) is 14.3 Å². The van der Waals surface area contributed by atoms with Gasteiger partial charge in [0.25, 0.3) is 0 Å². The molecule has 3 rings (SSSR count). The molecule has 3 aromatic rings. The number of ether oxygens (including phenoxy) is 1. The summed E-state index contributed by atoms with van der Waals surface area (Å²) in [5.74, 6) is -1.25. The van der Waals surface area contributed by atoms with Crippen LogP contribution in [0.1, 0.15) is 17.3 Å². The maximum atomic E-state index is 13.9. The molecule has 0 bridgehead atoms. The normalized spacial score (nSPS) is 11.0. The topological polar surface area (TPSA) is 90.2 Å². The number of pyridine rings is 2. The van der Waals surface area contributed by atoms with E-state index in [0.29, 0.717) is 11.1 Å². The molecular formula is C15H13ClFN5O3S. The summed E-state index contributed by atoms with van der Waals surface area (Å²) < 4.78 is 24.3. The molecule has 0 aliphatic heterocycles. The molecule has 11 heteroatoms. The van der Waals surface area contributed by atoms with E-state index in [9.17, 15) is 14.0 Å². The van der Waals surface area contributed by atoms with Crippen molar-refractivity contribution in [1.82, 2.24) is 18.9 Å². The maximum Gasteiger partial charge on any atom is 0.343 e. The minimum absolute atomic E-state index is 0.0657. The number of rotatable bonds is 4.